The van der Waals surface area contributed by atoms with Crippen LogP contribution >= 0.6 is 0 Å². The number of carbonyl (C=O) groups is 3. The Bertz CT molecular complexity index is 1160. The Labute approximate surface area is 223 Å². The van der Waals surface area contributed by atoms with Gasteiger partial charge in [0, 0.05) is 25.3 Å². The second-order valence-electron chi connectivity index (χ2n) is 10.4. The number of anilines is 1. The van der Waals surface area contributed by atoms with Crippen LogP contribution in [0.2, 0.25) is 0 Å². The number of ether oxygens (including phenoxy) is 2. The zero-order chi connectivity index (χ0) is 27.1. The lowest BCUT2D eigenvalue weighted by Gasteiger charge is -2.42. The van der Waals surface area contributed by atoms with E-state index in [9.17, 15) is 14.4 Å². The fourth-order valence-electron chi connectivity index (χ4n) is 4.51. The molecule has 1 fully saturated rings. The van der Waals surface area contributed by atoms with E-state index in [4.69, 9.17) is 9.47 Å². The van der Waals surface area contributed by atoms with E-state index in [1.54, 1.807) is 4.90 Å². The van der Waals surface area contributed by atoms with E-state index in [-0.39, 0.29) is 25.1 Å². The fourth-order valence-corrected chi connectivity index (χ4v) is 4.51. The highest BCUT2D eigenvalue weighted by Gasteiger charge is 2.36. The number of rotatable bonds is 3. The van der Waals surface area contributed by atoms with E-state index in [2.05, 4.69) is 10.6 Å². The molecule has 4 rings (SSSR count). The summed E-state index contributed by atoms with van der Waals surface area (Å²) in [6.45, 7) is 7.10. The van der Waals surface area contributed by atoms with Crippen molar-refractivity contribution in [1.82, 2.24) is 15.5 Å². The first-order chi connectivity index (χ1) is 18.2. The smallest absolute Gasteiger partial charge is 0.410 e. The second kappa shape index (κ2) is 12.0. The third-order valence-electron chi connectivity index (χ3n) is 6.38. The summed E-state index contributed by atoms with van der Waals surface area (Å²) in [6.07, 6.45) is 3.41. The van der Waals surface area contributed by atoms with Gasteiger partial charge in [0.1, 0.15) is 18.2 Å². The van der Waals surface area contributed by atoms with Gasteiger partial charge in [-0.15, -0.1) is 0 Å². The standard InChI is InChI=1S/C29H36N4O5/c1-29(2,3)38-28(36)32-16-17-33-23-13-9-12-22(18-23)24(14-7-8-15-30-26(34)25(33)19-32)31-27(35)37-20-21-10-5-4-6-11-21/h4-13,18,24-25H,14-17,19-20H2,1-3H3,(H,30,34)(H,31,35)/b8-7+/t24-,25+/m0/s1. The number of hydrogen-bond donors (Lipinski definition) is 2. The molecule has 0 radical (unpaired) electrons. The number of piperazine rings is 1. The molecule has 9 nitrogen and oxygen atoms in total. The molecule has 9 heteroatoms. The van der Waals surface area contributed by atoms with E-state index in [0.29, 0.717) is 26.1 Å². The Morgan fingerprint density at radius 2 is 1.84 bits per heavy atom. The third-order valence-corrected chi connectivity index (χ3v) is 6.38. The van der Waals surface area contributed by atoms with Crippen LogP contribution in [-0.4, -0.2) is 60.8 Å². The van der Waals surface area contributed by atoms with Crippen LogP contribution < -0.4 is 15.5 Å². The van der Waals surface area contributed by atoms with Crippen LogP contribution in [0.5, 0.6) is 0 Å². The predicted molar refractivity (Wildman–Crippen MR) is 145 cm³/mol. The van der Waals surface area contributed by atoms with E-state index < -0.39 is 23.8 Å². The Morgan fingerprint density at radius 1 is 1.05 bits per heavy atom. The van der Waals surface area contributed by atoms with E-state index in [1.807, 2.05) is 92.4 Å². The molecule has 2 bridgehead atoms. The molecule has 38 heavy (non-hydrogen) atoms. The molecule has 2 N–H and O–H groups in total. The molecule has 1 saturated heterocycles. The summed E-state index contributed by atoms with van der Waals surface area (Å²) in [5, 5.41) is 5.94. The molecule has 2 heterocycles. The average molecular weight is 521 g/mol. The van der Waals surface area contributed by atoms with Gasteiger partial charge in [-0.2, -0.15) is 0 Å². The quantitative estimate of drug-likeness (QED) is 0.590. The molecule has 2 aromatic rings. The second-order valence-corrected chi connectivity index (χ2v) is 10.4. The maximum absolute atomic E-state index is 13.2. The number of amides is 3. The van der Waals surface area contributed by atoms with Gasteiger partial charge < -0.3 is 29.9 Å². The summed E-state index contributed by atoms with van der Waals surface area (Å²) in [4.78, 5) is 42.1. The third kappa shape index (κ3) is 7.27. The zero-order valence-corrected chi connectivity index (χ0v) is 22.2. The number of benzene rings is 2. The monoisotopic (exact) mass is 520 g/mol. The highest BCUT2D eigenvalue weighted by molar-refractivity contribution is 5.87. The fraction of sp³-hybridized carbons (Fsp3) is 0.414. The lowest BCUT2D eigenvalue weighted by molar-refractivity contribution is -0.123. The van der Waals surface area contributed by atoms with Gasteiger partial charge in [0.05, 0.1) is 12.6 Å². The molecule has 2 aliphatic heterocycles. The van der Waals surface area contributed by atoms with Crippen molar-refractivity contribution >= 4 is 23.8 Å². The molecule has 0 aliphatic carbocycles. The normalized spacial score (nSPS) is 20.7. The van der Waals surface area contributed by atoms with Crippen LogP contribution in [-0.2, 0) is 20.9 Å². The number of alkyl carbamates (subject to hydrolysis) is 1. The van der Waals surface area contributed by atoms with Crippen LogP contribution in [0.4, 0.5) is 15.3 Å². The lowest BCUT2D eigenvalue weighted by atomic mass is 10.0. The van der Waals surface area contributed by atoms with Crippen LogP contribution in [0, 0.1) is 0 Å². The molecule has 3 amide bonds. The summed E-state index contributed by atoms with van der Waals surface area (Å²) in [5.41, 5.74) is 2.04. The van der Waals surface area contributed by atoms with Crippen LogP contribution in [0.25, 0.3) is 0 Å². The highest BCUT2D eigenvalue weighted by Crippen LogP contribution is 2.27. The van der Waals surface area contributed by atoms with E-state index in [0.717, 1.165) is 16.8 Å². The van der Waals surface area contributed by atoms with E-state index in [1.165, 1.54) is 0 Å². The lowest BCUT2D eigenvalue weighted by Crippen LogP contribution is -2.60. The molecular formula is C29H36N4O5. The van der Waals surface area contributed by atoms with Crippen molar-refractivity contribution in [3.8, 4) is 0 Å². The molecule has 2 atom stereocenters. The topological polar surface area (TPSA) is 100 Å². The number of nitrogens with one attached hydrogen (secondary N) is 2. The van der Waals surface area contributed by atoms with Crippen LogP contribution in [0.3, 0.4) is 0 Å². The summed E-state index contributed by atoms with van der Waals surface area (Å²) < 4.78 is 11.0. The highest BCUT2D eigenvalue weighted by atomic mass is 16.6. The molecule has 0 spiro atoms. The molecule has 2 aromatic carbocycles. The van der Waals surface area contributed by atoms with Crippen molar-refractivity contribution in [3.05, 3.63) is 77.9 Å². The first-order valence-corrected chi connectivity index (χ1v) is 12.9. The van der Waals surface area contributed by atoms with Gasteiger partial charge in [-0.25, -0.2) is 9.59 Å². The van der Waals surface area contributed by atoms with Gasteiger partial charge >= 0.3 is 12.2 Å². The Kier molecular flexibility index (Phi) is 8.55. The van der Waals surface area contributed by atoms with Gasteiger partial charge in [-0.05, 0) is 50.5 Å². The zero-order valence-electron chi connectivity index (χ0n) is 22.2. The minimum Gasteiger partial charge on any atom is -0.445 e. The van der Waals surface area contributed by atoms with Crippen molar-refractivity contribution in [2.24, 2.45) is 0 Å². The molecule has 202 valence electrons. The Balaban J connectivity index is 1.52. The maximum Gasteiger partial charge on any atom is 0.410 e. The number of fused-ring (bicyclic) bond motifs is 4. The summed E-state index contributed by atoms with van der Waals surface area (Å²) in [6, 6.07) is 16.4. The molecule has 0 aromatic heterocycles. The van der Waals surface area contributed by atoms with Crippen molar-refractivity contribution in [2.75, 3.05) is 31.1 Å². The first kappa shape index (κ1) is 27.0. The number of nitrogens with zero attached hydrogens (tertiary/aromatic N) is 2. The summed E-state index contributed by atoms with van der Waals surface area (Å²) in [7, 11) is 0. The molecular weight excluding hydrogens is 484 g/mol. The largest absolute Gasteiger partial charge is 0.445 e. The first-order valence-electron chi connectivity index (χ1n) is 12.9. The predicted octanol–water partition coefficient (Wildman–Crippen LogP) is 4.16. The minimum atomic E-state index is -0.619. The number of hydrogen-bond acceptors (Lipinski definition) is 6. The summed E-state index contributed by atoms with van der Waals surface area (Å²) in [5.74, 6) is -0.159. The van der Waals surface area contributed by atoms with Gasteiger partial charge in [-0.1, -0.05) is 54.6 Å². The van der Waals surface area contributed by atoms with E-state index >= 15 is 0 Å². The molecule has 0 saturated carbocycles. The maximum atomic E-state index is 13.2. The SMILES string of the molecule is CC(C)(C)OC(=O)N1CCN2c3cccc(c3)[C@@H](NC(=O)OCc3ccccc3)C/C=C/CNC(=O)[C@H]2C1. The van der Waals surface area contributed by atoms with Crippen molar-refractivity contribution in [3.63, 3.8) is 0 Å². The van der Waals surface area contributed by atoms with Crippen molar-refractivity contribution in [1.29, 1.82) is 0 Å². The average Bonchev–Trinajstić information content (AvgIpc) is 2.90. The van der Waals surface area contributed by atoms with Crippen LogP contribution in [0.15, 0.2) is 66.7 Å². The number of carbonyl (C=O) groups excluding carboxylic acids is 3. The van der Waals surface area contributed by atoms with Gasteiger partial charge in [0.25, 0.3) is 0 Å². The Hall–Kier alpha value is -4.01. The van der Waals surface area contributed by atoms with Gasteiger partial charge in [-0.3, -0.25) is 4.79 Å². The van der Waals surface area contributed by atoms with Crippen LogP contribution in [0.1, 0.15) is 44.4 Å². The summed E-state index contributed by atoms with van der Waals surface area (Å²) >= 11 is 0. The molecule has 2 aliphatic rings. The minimum absolute atomic E-state index is 0.159. The van der Waals surface area contributed by atoms with Crippen molar-refractivity contribution in [2.45, 2.75) is 51.5 Å². The van der Waals surface area contributed by atoms with Crippen molar-refractivity contribution < 1.29 is 23.9 Å². The van der Waals surface area contributed by atoms with Gasteiger partial charge in [0.2, 0.25) is 5.91 Å². The molecule has 0 unspecified atom stereocenters. The Morgan fingerprint density at radius 3 is 2.61 bits per heavy atom. The van der Waals surface area contributed by atoms with Gasteiger partial charge in [0.15, 0.2) is 0 Å².